The average Bonchev–Trinajstić information content (AvgIpc) is 1.52. The first-order valence-corrected chi connectivity index (χ1v) is 20.8. The standard InChI is InChI=1S/C62H39N3O/c1-3-12-40(13-4-1)42-22-26-45(27-23-42)55-39-56(46-28-24-43(25-29-46)41-14-5-2-6-15-41)64-62(63-55)53-19-11-21-59-61(53)52-35-32-49(38-60(52)66-59)44-30-33-50(34-31-44)65-57-20-10-9-18-51(57)54-36-47-16-7-8-17-48(47)37-58(54)65/h1-39H/i7D,8D,9D,10D,11D,16D,17D,18D,19D,20D,21D,30D,31D,32D,33D,34D,35D,36D,37D,38D. The van der Waals surface area contributed by atoms with Crippen molar-refractivity contribution >= 4 is 54.5 Å². The van der Waals surface area contributed by atoms with Gasteiger partial charge in [-0.2, -0.15) is 0 Å². The van der Waals surface area contributed by atoms with Crippen LogP contribution < -0.4 is 0 Å². The van der Waals surface area contributed by atoms with Gasteiger partial charge >= 0.3 is 0 Å². The summed E-state index contributed by atoms with van der Waals surface area (Å²) in [6.45, 7) is 0. The molecule has 4 heteroatoms. The third-order valence-electron chi connectivity index (χ3n) is 11.5. The molecule has 3 aromatic heterocycles. The molecule has 0 bridgehead atoms. The van der Waals surface area contributed by atoms with Gasteiger partial charge in [-0.25, -0.2) is 9.97 Å². The molecular formula is C62H39N3O. The van der Waals surface area contributed by atoms with Gasteiger partial charge in [-0.15, -0.1) is 0 Å². The normalized spacial score (nSPS) is 15.9. The fraction of sp³-hybridized carbons (Fsp3) is 0. The molecule has 0 aliphatic heterocycles. The van der Waals surface area contributed by atoms with Crippen LogP contribution in [0.4, 0.5) is 0 Å². The lowest BCUT2D eigenvalue weighted by molar-refractivity contribution is 0.669. The molecule has 0 aliphatic carbocycles. The maximum Gasteiger partial charge on any atom is 0.161 e. The number of fused-ring (bicyclic) bond motifs is 7. The van der Waals surface area contributed by atoms with Crippen molar-refractivity contribution in [1.29, 1.82) is 0 Å². The maximum atomic E-state index is 9.72. The Morgan fingerprint density at radius 2 is 0.970 bits per heavy atom. The second-order valence-corrected chi connectivity index (χ2v) is 15.4. The van der Waals surface area contributed by atoms with Gasteiger partial charge < -0.3 is 8.98 Å². The van der Waals surface area contributed by atoms with Crippen molar-refractivity contribution in [3.05, 3.63) is 236 Å². The minimum absolute atomic E-state index is 0.128. The molecule has 0 fully saturated rings. The second kappa shape index (κ2) is 15.4. The molecule has 0 amide bonds. The summed E-state index contributed by atoms with van der Waals surface area (Å²) in [6.07, 6.45) is 0. The van der Waals surface area contributed by atoms with E-state index in [0.29, 0.717) is 22.5 Å². The lowest BCUT2D eigenvalue weighted by atomic mass is 9.99. The van der Waals surface area contributed by atoms with Gasteiger partial charge in [-0.3, -0.25) is 0 Å². The smallest absolute Gasteiger partial charge is 0.161 e. The van der Waals surface area contributed by atoms with E-state index in [1.54, 1.807) is 6.07 Å². The number of benzene rings is 10. The van der Waals surface area contributed by atoms with Crippen LogP contribution in [0.2, 0.25) is 0 Å². The lowest BCUT2D eigenvalue weighted by Gasteiger charge is -2.11. The number of para-hydroxylation sites is 1. The predicted molar refractivity (Wildman–Crippen MR) is 274 cm³/mol. The van der Waals surface area contributed by atoms with Crippen LogP contribution in [0.1, 0.15) is 27.4 Å². The fourth-order valence-corrected chi connectivity index (χ4v) is 8.27. The van der Waals surface area contributed by atoms with Crippen LogP contribution in [-0.4, -0.2) is 14.5 Å². The fourth-order valence-electron chi connectivity index (χ4n) is 8.27. The summed E-state index contributed by atoms with van der Waals surface area (Å²) in [6, 6.07) is 21.2. The first-order chi connectivity index (χ1) is 41.0. The average molecular weight is 862 g/mol. The monoisotopic (exact) mass is 861 g/mol. The first kappa shape index (κ1) is 22.7. The second-order valence-electron chi connectivity index (χ2n) is 15.4. The van der Waals surface area contributed by atoms with E-state index >= 15 is 0 Å². The van der Waals surface area contributed by atoms with Crippen molar-refractivity contribution < 1.29 is 31.8 Å². The lowest BCUT2D eigenvalue weighted by Crippen LogP contribution is -1.96. The summed E-state index contributed by atoms with van der Waals surface area (Å²) in [5, 5.41) is -2.20. The SMILES string of the molecule is [2H]c1c([2H])c(-n2c3c([2H])c([2H])c([2H])c([2H])c3c3c([2H])c4c([2H])c([2H])c([2H])c([2H])c4c([2H])c32)c([2H])c([2H])c1-c1c([2H])c([2H])c2c(oc3c([2H])c([2H])c([2H])c(-c4nc(-c5ccc(-c6ccccc6)cc5)cc(-c5ccc(-c6ccccc6)cc5)n4)c32)c1[2H]. The summed E-state index contributed by atoms with van der Waals surface area (Å²) >= 11 is 0. The van der Waals surface area contributed by atoms with E-state index in [0.717, 1.165) is 26.8 Å². The van der Waals surface area contributed by atoms with Crippen LogP contribution in [0.15, 0.2) is 241 Å². The number of rotatable bonds is 7. The number of nitrogens with zero attached hydrogens (tertiary/aromatic N) is 3. The van der Waals surface area contributed by atoms with Crippen LogP contribution in [0.3, 0.4) is 0 Å². The molecule has 0 radical (unpaired) electrons. The van der Waals surface area contributed by atoms with Crippen LogP contribution >= 0.6 is 0 Å². The molecule has 0 aliphatic rings. The largest absolute Gasteiger partial charge is 0.456 e. The Balaban J connectivity index is 1.05. The highest BCUT2D eigenvalue weighted by atomic mass is 16.3. The van der Waals surface area contributed by atoms with Crippen molar-refractivity contribution in [3.8, 4) is 73.0 Å². The van der Waals surface area contributed by atoms with Gasteiger partial charge in [0.05, 0.1) is 49.8 Å². The van der Waals surface area contributed by atoms with Crippen molar-refractivity contribution in [2.24, 2.45) is 0 Å². The summed E-state index contributed by atoms with van der Waals surface area (Å²) in [5.41, 5.74) is 1.75. The minimum Gasteiger partial charge on any atom is -0.456 e. The molecule has 0 unspecified atom stereocenters. The molecule has 0 atom stereocenters. The van der Waals surface area contributed by atoms with Gasteiger partial charge in [0.2, 0.25) is 0 Å². The summed E-state index contributed by atoms with van der Waals surface area (Å²) in [7, 11) is 0. The molecule has 10 aromatic carbocycles. The zero-order valence-corrected chi connectivity index (χ0v) is 34.2. The number of furan rings is 1. The quantitative estimate of drug-likeness (QED) is 0.160. The molecule has 0 N–H and O–H groups in total. The van der Waals surface area contributed by atoms with E-state index in [4.69, 9.17) is 28.1 Å². The van der Waals surface area contributed by atoms with Crippen LogP contribution in [0.25, 0.3) is 127 Å². The molecule has 66 heavy (non-hydrogen) atoms. The predicted octanol–water partition coefficient (Wildman–Crippen LogP) is 16.6. The van der Waals surface area contributed by atoms with Gasteiger partial charge in [0.15, 0.2) is 5.82 Å². The van der Waals surface area contributed by atoms with E-state index in [-0.39, 0.29) is 27.7 Å². The molecular weight excluding hydrogens is 803 g/mol. The van der Waals surface area contributed by atoms with Crippen LogP contribution in [-0.2, 0) is 0 Å². The Morgan fingerprint density at radius 1 is 0.394 bits per heavy atom. The number of aromatic nitrogens is 3. The van der Waals surface area contributed by atoms with Gasteiger partial charge in [-0.05, 0) is 98.6 Å². The van der Waals surface area contributed by atoms with Gasteiger partial charge in [-0.1, -0.05) is 182 Å². The van der Waals surface area contributed by atoms with E-state index in [1.165, 1.54) is 0 Å². The third-order valence-corrected chi connectivity index (χ3v) is 11.5. The third kappa shape index (κ3) is 6.46. The highest BCUT2D eigenvalue weighted by Gasteiger charge is 2.19. The summed E-state index contributed by atoms with van der Waals surface area (Å²) in [4.78, 5) is 9.96. The Morgan fingerprint density at radius 3 is 1.64 bits per heavy atom. The van der Waals surface area contributed by atoms with Crippen LogP contribution in [0, 0.1) is 0 Å². The Labute approximate surface area is 409 Å². The van der Waals surface area contributed by atoms with Crippen molar-refractivity contribution in [3.63, 3.8) is 0 Å². The Hall–Kier alpha value is -8.86. The Kier molecular flexibility index (Phi) is 5.30. The zero-order chi connectivity index (χ0) is 61.0. The minimum atomic E-state index is -0.950. The highest BCUT2D eigenvalue weighted by Crippen LogP contribution is 2.40. The Bertz CT molecular complexity index is 5020. The molecule has 3 heterocycles. The topological polar surface area (TPSA) is 43.9 Å². The van der Waals surface area contributed by atoms with E-state index < -0.39 is 176 Å². The molecule has 308 valence electrons. The van der Waals surface area contributed by atoms with Gasteiger partial charge in [0.25, 0.3) is 0 Å². The van der Waals surface area contributed by atoms with Gasteiger partial charge in [0, 0.05) is 43.9 Å². The summed E-state index contributed by atoms with van der Waals surface area (Å²) in [5.74, 6) is -0.128. The molecule has 0 spiro atoms. The van der Waals surface area contributed by atoms with E-state index in [9.17, 15) is 13.7 Å². The van der Waals surface area contributed by atoms with E-state index in [2.05, 4.69) is 0 Å². The van der Waals surface area contributed by atoms with Crippen LogP contribution in [0.5, 0.6) is 0 Å². The van der Waals surface area contributed by atoms with E-state index in [1.807, 2.05) is 109 Å². The summed E-state index contributed by atoms with van der Waals surface area (Å²) < 4.78 is 191. The molecule has 0 saturated carbocycles. The zero-order valence-electron chi connectivity index (χ0n) is 54.2. The highest BCUT2D eigenvalue weighted by molar-refractivity contribution is 6.14. The molecule has 0 saturated heterocycles. The number of hydrogen-bond donors (Lipinski definition) is 0. The van der Waals surface area contributed by atoms with Crippen molar-refractivity contribution in [2.45, 2.75) is 0 Å². The number of hydrogen-bond acceptors (Lipinski definition) is 3. The van der Waals surface area contributed by atoms with Crippen molar-refractivity contribution in [1.82, 2.24) is 14.5 Å². The molecule has 13 rings (SSSR count). The first-order valence-electron chi connectivity index (χ1n) is 30.8. The molecule has 4 nitrogen and oxygen atoms in total. The molecule has 13 aromatic rings. The maximum absolute atomic E-state index is 9.72. The van der Waals surface area contributed by atoms with Gasteiger partial charge in [0.1, 0.15) is 11.2 Å². The van der Waals surface area contributed by atoms with Crippen molar-refractivity contribution in [2.75, 3.05) is 0 Å².